The van der Waals surface area contributed by atoms with Gasteiger partial charge in [-0.2, -0.15) is 0 Å². The molecule has 2 fully saturated rings. The molecule has 1 aromatic carbocycles. The predicted molar refractivity (Wildman–Crippen MR) is 132 cm³/mol. The normalized spacial score (nSPS) is 37.1. The maximum Gasteiger partial charge on any atom is 0.323 e. The molecule has 7 heteroatoms. The monoisotopic (exact) mass is 486 g/mol. The van der Waals surface area contributed by atoms with Crippen molar-refractivity contribution < 1.29 is 19.5 Å². The van der Waals surface area contributed by atoms with E-state index < -0.39 is 17.9 Å². The highest BCUT2D eigenvalue weighted by atomic mass is 35.5. The van der Waals surface area contributed by atoms with Crippen LogP contribution in [0.1, 0.15) is 58.4 Å². The van der Waals surface area contributed by atoms with Crippen LogP contribution >= 0.6 is 11.6 Å². The Labute approximate surface area is 206 Å². The molecule has 2 heterocycles. The van der Waals surface area contributed by atoms with Gasteiger partial charge in [0.2, 0.25) is 0 Å². The van der Waals surface area contributed by atoms with E-state index in [1.54, 1.807) is 18.2 Å². The van der Waals surface area contributed by atoms with Gasteiger partial charge in [0.25, 0.3) is 0 Å². The Morgan fingerprint density at radius 2 is 2.12 bits per heavy atom. The van der Waals surface area contributed by atoms with E-state index in [4.69, 9.17) is 21.2 Å². The van der Waals surface area contributed by atoms with Crippen LogP contribution in [-0.2, 0) is 20.0 Å². The van der Waals surface area contributed by atoms with Gasteiger partial charge in [0.15, 0.2) is 6.23 Å². The average Bonchev–Trinajstić information content (AvgIpc) is 3.14. The largest absolute Gasteiger partial charge is 0.461 e. The molecule has 184 valence electrons. The van der Waals surface area contributed by atoms with E-state index in [1.807, 2.05) is 12.1 Å². The summed E-state index contributed by atoms with van der Waals surface area (Å²) in [6, 6.07) is 4.74. The molecule has 5 rings (SSSR count). The number of hydrogen-bond donors (Lipinski definition) is 2. The van der Waals surface area contributed by atoms with Crippen molar-refractivity contribution in [1.29, 1.82) is 0 Å². The number of anilines is 1. The van der Waals surface area contributed by atoms with Crippen LogP contribution in [0.25, 0.3) is 0 Å². The van der Waals surface area contributed by atoms with Crippen LogP contribution in [0.4, 0.5) is 5.69 Å². The molecule has 0 bridgehead atoms. The fourth-order valence-corrected chi connectivity index (χ4v) is 7.09. The number of halogens is 1. The number of ether oxygens (including phenoxy) is 1. The summed E-state index contributed by atoms with van der Waals surface area (Å²) in [6.45, 7) is 10.8. The number of aliphatic hydroxyl groups is 1. The molecular weight excluding hydrogens is 452 g/mol. The summed E-state index contributed by atoms with van der Waals surface area (Å²) in [5.74, 6) is 0.795. The SMILES string of the molecule is C=C(C)C1CCCC2C(OC(=O)[C@@H]3C[C@@]4(O)c5cccc(Cl)c5N(C)O[C@H]4N3)CC(C)=C(C)C12. The fourth-order valence-electron chi connectivity index (χ4n) is 6.80. The van der Waals surface area contributed by atoms with E-state index in [-0.39, 0.29) is 18.5 Å². The van der Waals surface area contributed by atoms with Crippen molar-refractivity contribution in [2.45, 2.75) is 76.9 Å². The molecule has 1 saturated heterocycles. The number of benzene rings is 1. The number of nitrogens with one attached hydrogen (secondary N) is 1. The first kappa shape index (κ1) is 23.9. The van der Waals surface area contributed by atoms with Gasteiger partial charge in [-0.25, -0.2) is 0 Å². The Bertz CT molecular complexity index is 1060. The van der Waals surface area contributed by atoms with Gasteiger partial charge >= 0.3 is 5.97 Å². The molecule has 2 aliphatic heterocycles. The number of rotatable bonds is 3. The maximum atomic E-state index is 13.4. The second kappa shape index (κ2) is 8.66. The third-order valence-corrected chi connectivity index (χ3v) is 8.93. The van der Waals surface area contributed by atoms with Crippen molar-refractivity contribution in [3.63, 3.8) is 0 Å². The van der Waals surface area contributed by atoms with E-state index in [1.165, 1.54) is 16.7 Å². The minimum atomic E-state index is -1.37. The van der Waals surface area contributed by atoms with E-state index in [2.05, 4.69) is 32.7 Å². The van der Waals surface area contributed by atoms with Gasteiger partial charge in [-0.1, -0.05) is 53.5 Å². The molecule has 34 heavy (non-hydrogen) atoms. The highest BCUT2D eigenvalue weighted by Crippen LogP contribution is 2.50. The van der Waals surface area contributed by atoms with Gasteiger partial charge in [0.05, 0.1) is 10.7 Å². The molecule has 2 N–H and O–H groups in total. The van der Waals surface area contributed by atoms with Crippen LogP contribution in [0, 0.1) is 17.8 Å². The molecule has 0 aromatic heterocycles. The summed E-state index contributed by atoms with van der Waals surface area (Å²) in [6.07, 6.45) is 3.34. The van der Waals surface area contributed by atoms with Crippen molar-refractivity contribution >= 4 is 23.3 Å². The zero-order valence-electron chi connectivity index (χ0n) is 20.4. The summed E-state index contributed by atoms with van der Waals surface area (Å²) in [4.78, 5) is 19.3. The highest BCUT2D eigenvalue weighted by Gasteiger charge is 2.56. The van der Waals surface area contributed by atoms with Crippen molar-refractivity contribution in [1.82, 2.24) is 5.32 Å². The smallest absolute Gasteiger partial charge is 0.323 e. The van der Waals surface area contributed by atoms with Crippen LogP contribution in [0.15, 0.2) is 41.5 Å². The zero-order chi connectivity index (χ0) is 24.4. The molecular formula is C27H35ClN2O4. The van der Waals surface area contributed by atoms with Crippen LogP contribution in [-0.4, -0.2) is 36.5 Å². The van der Waals surface area contributed by atoms with Gasteiger partial charge in [-0.05, 0) is 51.5 Å². The van der Waals surface area contributed by atoms with Crippen molar-refractivity contribution in [3.8, 4) is 0 Å². The first-order valence-corrected chi connectivity index (χ1v) is 12.7. The lowest BCUT2D eigenvalue weighted by Gasteiger charge is -2.46. The number of carbonyl (C=O) groups is 1. The van der Waals surface area contributed by atoms with Crippen LogP contribution < -0.4 is 10.4 Å². The highest BCUT2D eigenvalue weighted by molar-refractivity contribution is 6.33. The third-order valence-electron chi connectivity index (χ3n) is 8.62. The topological polar surface area (TPSA) is 71.0 Å². The molecule has 6 nitrogen and oxygen atoms in total. The quantitative estimate of drug-likeness (QED) is 0.469. The summed E-state index contributed by atoms with van der Waals surface area (Å²) in [5, 5.41) is 16.8. The molecule has 0 radical (unpaired) electrons. The first-order valence-electron chi connectivity index (χ1n) is 12.3. The summed E-state index contributed by atoms with van der Waals surface area (Å²) in [7, 11) is 1.75. The standard InChI is InChI=1S/C27H35ClN2O4/c1-14(2)17-8-6-9-18-22(12-15(3)16(4)23(17)18)33-25(31)21-13-27(32)19-10-7-11-20(28)24(19)30(5)34-26(27)29-21/h7,10-11,17-18,21-23,26,29,32H,1,6,8-9,12-13H2,2-5H3/t17?,18?,21-,22?,23?,26+,27+/m0/s1. The van der Waals surface area contributed by atoms with Crippen molar-refractivity contribution in [2.75, 3.05) is 12.1 Å². The van der Waals surface area contributed by atoms with E-state index in [9.17, 15) is 9.90 Å². The Balaban J connectivity index is 1.36. The number of hydrogen-bond acceptors (Lipinski definition) is 6. The summed E-state index contributed by atoms with van der Waals surface area (Å²) in [5.41, 5.74) is 3.88. The van der Waals surface area contributed by atoms with Crippen molar-refractivity contribution in [3.05, 3.63) is 52.1 Å². The first-order chi connectivity index (χ1) is 16.1. The molecule has 0 amide bonds. The molecule has 4 unspecified atom stereocenters. The van der Waals surface area contributed by atoms with E-state index in [0.29, 0.717) is 34.0 Å². The second-order valence-electron chi connectivity index (χ2n) is 10.7. The second-order valence-corrected chi connectivity index (χ2v) is 11.1. The number of allylic oxidation sites excluding steroid dienone is 2. The Kier molecular flexibility index (Phi) is 6.08. The Morgan fingerprint density at radius 1 is 1.35 bits per heavy atom. The molecule has 1 aromatic rings. The lowest BCUT2D eigenvalue weighted by Crippen LogP contribution is -2.51. The van der Waals surface area contributed by atoms with Crippen LogP contribution in [0.5, 0.6) is 0 Å². The average molecular weight is 487 g/mol. The Morgan fingerprint density at radius 3 is 2.85 bits per heavy atom. The van der Waals surface area contributed by atoms with Gasteiger partial charge in [-0.15, -0.1) is 0 Å². The van der Waals surface area contributed by atoms with Crippen LogP contribution in [0.3, 0.4) is 0 Å². The Hall–Kier alpha value is -1.86. The number of nitrogens with zero attached hydrogens (tertiary/aromatic N) is 1. The predicted octanol–water partition coefficient (Wildman–Crippen LogP) is 4.86. The van der Waals surface area contributed by atoms with Gasteiger partial charge in [0, 0.05) is 31.4 Å². The number of para-hydroxylation sites is 1. The molecule has 2 aliphatic carbocycles. The lowest BCUT2D eigenvalue weighted by molar-refractivity contribution is -0.157. The van der Waals surface area contributed by atoms with Gasteiger partial charge in [0.1, 0.15) is 17.7 Å². The van der Waals surface area contributed by atoms with Crippen LogP contribution in [0.2, 0.25) is 5.02 Å². The van der Waals surface area contributed by atoms with E-state index in [0.717, 1.165) is 25.7 Å². The molecule has 4 aliphatic rings. The summed E-state index contributed by atoms with van der Waals surface area (Å²) < 4.78 is 6.21. The molecule has 1 saturated carbocycles. The minimum Gasteiger partial charge on any atom is -0.461 e. The zero-order valence-corrected chi connectivity index (χ0v) is 21.2. The number of hydroxylamine groups is 1. The maximum absolute atomic E-state index is 13.4. The molecule has 0 spiro atoms. The molecule has 7 atom stereocenters. The van der Waals surface area contributed by atoms with Gasteiger partial charge in [-0.3, -0.25) is 20.0 Å². The third kappa shape index (κ3) is 3.70. The fraction of sp³-hybridized carbons (Fsp3) is 0.593. The number of esters is 1. The lowest BCUT2D eigenvalue weighted by atomic mass is 9.61. The number of carbonyl (C=O) groups excluding carboxylic acids is 1. The summed E-state index contributed by atoms with van der Waals surface area (Å²) >= 11 is 6.39. The van der Waals surface area contributed by atoms with Gasteiger partial charge < -0.3 is 9.84 Å². The number of fused-ring (bicyclic) bond motifs is 4. The van der Waals surface area contributed by atoms with Crippen molar-refractivity contribution in [2.24, 2.45) is 17.8 Å². The van der Waals surface area contributed by atoms with E-state index >= 15 is 0 Å². The minimum absolute atomic E-state index is 0.159.